The van der Waals surface area contributed by atoms with Crippen molar-refractivity contribution in [3.8, 4) is 5.75 Å². The maximum Gasteiger partial charge on any atom is 0.335 e. The highest BCUT2D eigenvalue weighted by atomic mass is 16.5. The van der Waals surface area contributed by atoms with E-state index < -0.39 is 5.97 Å². The van der Waals surface area contributed by atoms with Crippen molar-refractivity contribution in [2.45, 2.75) is 26.2 Å². The van der Waals surface area contributed by atoms with E-state index in [-0.39, 0.29) is 11.5 Å². The van der Waals surface area contributed by atoms with E-state index >= 15 is 0 Å². The summed E-state index contributed by atoms with van der Waals surface area (Å²) >= 11 is 0. The van der Waals surface area contributed by atoms with E-state index in [0.29, 0.717) is 24.9 Å². The summed E-state index contributed by atoms with van der Waals surface area (Å²) in [7, 11) is 0. The van der Waals surface area contributed by atoms with Crippen molar-refractivity contribution in [1.82, 2.24) is 0 Å². The maximum absolute atomic E-state index is 10.9. The van der Waals surface area contributed by atoms with Gasteiger partial charge in [-0.1, -0.05) is 13.5 Å². The van der Waals surface area contributed by atoms with E-state index in [4.69, 9.17) is 14.6 Å². The molecule has 0 aliphatic heterocycles. The van der Waals surface area contributed by atoms with Gasteiger partial charge < -0.3 is 14.6 Å². The minimum Gasteiger partial charge on any atom is -0.494 e. The number of esters is 1. The summed E-state index contributed by atoms with van der Waals surface area (Å²) in [4.78, 5) is 21.6. The third-order valence-corrected chi connectivity index (χ3v) is 3.23. The molecule has 1 aromatic carbocycles. The van der Waals surface area contributed by atoms with Gasteiger partial charge in [0.1, 0.15) is 5.75 Å². The first kappa shape index (κ1) is 17.8. The highest BCUT2D eigenvalue weighted by molar-refractivity contribution is 5.87. The van der Waals surface area contributed by atoms with Gasteiger partial charge in [-0.2, -0.15) is 0 Å². The number of benzene rings is 1. The number of hydrogen-bond acceptors (Lipinski definition) is 4. The SMILES string of the molecule is C=CC(=O)OCC[C@@H](C)CCCOc1ccc(C(=O)O)cc1. The van der Waals surface area contributed by atoms with Crippen LogP contribution in [-0.2, 0) is 9.53 Å². The van der Waals surface area contributed by atoms with Gasteiger partial charge in [-0.15, -0.1) is 0 Å². The lowest BCUT2D eigenvalue weighted by atomic mass is 10.0. The topological polar surface area (TPSA) is 72.8 Å². The Labute approximate surface area is 130 Å². The molecule has 0 unspecified atom stereocenters. The summed E-state index contributed by atoms with van der Waals surface area (Å²) in [5.41, 5.74) is 0.245. The summed E-state index contributed by atoms with van der Waals surface area (Å²) in [6.07, 6.45) is 3.83. The first-order chi connectivity index (χ1) is 10.5. The molecule has 0 saturated heterocycles. The molecule has 0 radical (unpaired) electrons. The van der Waals surface area contributed by atoms with Gasteiger partial charge in [-0.25, -0.2) is 9.59 Å². The van der Waals surface area contributed by atoms with Crippen molar-refractivity contribution >= 4 is 11.9 Å². The second kappa shape index (κ2) is 9.60. The molecule has 0 aromatic heterocycles. The standard InChI is InChI=1S/C17H22O5/c1-3-16(18)22-12-10-13(2)5-4-11-21-15-8-6-14(7-9-15)17(19)20/h3,6-9,13H,1,4-5,10-12H2,2H3,(H,19,20)/t13-/m0/s1. The van der Waals surface area contributed by atoms with Crippen molar-refractivity contribution in [2.75, 3.05) is 13.2 Å². The van der Waals surface area contributed by atoms with Gasteiger partial charge in [0.15, 0.2) is 0 Å². The van der Waals surface area contributed by atoms with Crippen molar-refractivity contribution in [2.24, 2.45) is 5.92 Å². The lowest BCUT2D eigenvalue weighted by Gasteiger charge is -2.12. The van der Waals surface area contributed by atoms with E-state index in [1.807, 2.05) is 0 Å². The number of aromatic carboxylic acids is 1. The maximum atomic E-state index is 10.9. The van der Waals surface area contributed by atoms with Crippen LogP contribution in [0.15, 0.2) is 36.9 Å². The fraction of sp³-hybridized carbons (Fsp3) is 0.412. The van der Waals surface area contributed by atoms with Crippen LogP contribution in [-0.4, -0.2) is 30.3 Å². The predicted octanol–water partition coefficient (Wildman–Crippen LogP) is 3.30. The van der Waals surface area contributed by atoms with Crippen molar-refractivity contribution < 1.29 is 24.2 Å². The highest BCUT2D eigenvalue weighted by Gasteiger charge is 2.05. The Bertz CT molecular complexity index is 492. The molecular formula is C17H22O5. The van der Waals surface area contributed by atoms with E-state index in [2.05, 4.69) is 13.5 Å². The average molecular weight is 306 g/mol. The molecule has 0 bridgehead atoms. The van der Waals surface area contributed by atoms with Gasteiger partial charge in [0.05, 0.1) is 18.8 Å². The summed E-state index contributed by atoms with van der Waals surface area (Å²) in [5.74, 6) is -0.231. The molecule has 0 fully saturated rings. The molecule has 5 nitrogen and oxygen atoms in total. The van der Waals surface area contributed by atoms with E-state index in [9.17, 15) is 9.59 Å². The van der Waals surface area contributed by atoms with Crippen LogP contribution in [0.3, 0.4) is 0 Å². The lowest BCUT2D eigenvalue weighted by Crippen LogP contribution is -2.07. The number of carboxylic acids is 1. The molecular weight excluding hydrogens is 284 g/mol. The number of ether oxygens (including phenoxy) is 2. The minimum atomic E-state index is -0.947. The summed E-state index contributed by atoms with van der Waals surface area (Å²) in [6, 6.07) is 6.35. The summed E-state index contributed by atoms with van der Waals surface area (Å²) in [6.45, 7) is 6.42. The van der Waals surface area contributed by atoms with Crippen LogP contribution in [0, 0.1) is 5.92 Å². The molecule has 5 heteroatoms. The molecule has 0 saturated carbocycles. The highest BCUT2D eigenvalue weighted by Crippen LogP contribution is 2.14. The average Bonchev–Trinajstić information content (AvgIpc) is 2.51. The molecule has 120 valence electrons. The third-order valence-electron chi connectivity index (χ3n) is 3.23. The third kappa shape index (κ3) is 6.92. The fourth-order valence-corrected chi connectivity index (χ4v) is 1.88. The zero-order valence-electron chi connectivity index (χ0n) is 12.8. The first-order valence-corrected chi connectivity index (χ1v) is 7.28. The molecule has 1 N–H and O–H groups in total. The predicted molar refractivity (Wildman–Crippen MR) is 83.1 cm³/mol. The molecule has 1 rings (SSSR count). The van der Waals surface area contributed by atoms with Crippen LogP contribution in [0.5, 0.6) is 5.75 Å². The number of hydrogen-bond donors (Lipinski definition) is 1. The molecule has 22 heavy (non-hydrogen) atoms. The lowest BCUT2D eigenvalue weighted by molar-refractivity contribution is -0.138. The van der Waals surface area contributed by atoms with Crippen molar-refractivity contribution in [3.05, 3.63) is 42.5 Å². The molecule has 1 atom stereocenters. The molecule has 0 spiro atoms. The van der Waals surface area contributed by atoms with Gasteiger partial charge >= 0.3 is 11.9 Å². The van der Waals surface area contributed by atoms with Crippen LogP contribution in [0.1, 0.15) is 36.5 Å². The van der Waals surface area contributed by atoms with Crippen molar-refractivity contribution in [1.29, 1.82) is 0 Å². The molecule has 0 amide bonds. The van der Waals surface area contributed by atoms with Gasteiger partial charge in [0, 0.05) is 6.08 Å². The van der Waals surface area contributed by atoms with E-state index in [1.165, 1.54) is 12.1 Å². The zero-order valence-corrected chi connectivity index (χ0v) is 12.8. The van der Waals surface area contributed by atoms with Crippen LogP contribution < -0.4 is 4.74 Å². The number of carboxylic acid groups (broad SMARTS) is 1. The van der Waals surface area contributed by atoms with Crippen LogP contribution in [0.4, 0.5) is 0 Å². The molecule has 0 aliphatic rings. The Morgan fingerprint density at radius 3 is 2.50 bits per heavy atom. The quantitative estimate of drug-likeness (QED) is 0.408. The molecule has 0 heterocycles. The van der Waals surface area contributed by atoms with Crippen LogP contribution in [0.2, 0.25) is 0 Å². The van der Waals surface area contributed by atoms with Gasteiger partial charge in [0.25, 0.3) is 0 Å². The Morgan fingerprint density at radius 2 is 1.91 bits per heavy atom. The smallest absolute Gasteiger partial charge is 0.335 e. The van der Waals surface area contributed by atoms with Crippen LogP contribution in [0.25, 0.3) is 0 Å². The second-order valence-electron chi connectivity index (χ2n) is 5.09. The first-order valence-electron chi connectivity index (χ1n) is 7.28. The number of carbonyl (C=O) groups excluding carboxylic acids is 1. The Hall–Kier alpha value is -2.30. The fourth-order valence-electron chi connectivity index (χ4n) is 1.88. The number of carbonyl (C=O) groups is 2. The second-order valence-corrected chi connectivity index (χ2v) is 5.09. The molecule has 0 aliphatic carbocycles. The molecule has 1 aromatic rings. The zero-order chi connectivity index (χ0) is 16.4. The van der Waals surface area contributed by atoms with Gasteiger partial charge in [0.2, 0.25) is 0 Å². The van der Waals surface area contributed by atoms with Crippen molar-refractivity contribution in [3.63, 3.8) is 0 Å². The minimum absolute atomic E-state index is 0.245. The Balaban J connectivity index is 2.15. The van der Waals surface area contributed by atoms with Gasteiger partial charge in [-0.05, 0) is 49.4 Å². The van der Waals surface area contributed by atoms with Crippen LogP contribution >= 0.6 is 0 Å². The largest absolute Gasteiger partial charge is 0.494 e. The summed E-state index contributed by atoms with van der Waals surface area (Å²) < 4.78 is 10.5. The van der Waals surface area contributed by atoms with E-state index in [0.717, 1.165) is 25.3 Å². The monoisotopic (exact) mass is 306 g/mol. The number of rotatable bonds is 10. The summed E-state index contributed by atoms with van der Waals surface area (Å²) in [5, 5.41) is 8.79. The Kier molecular flexibility index (Phi) is 7.75. The normalized spacial score (nSPS) is 11.5. The Morgan fingerprint density at radius 1 is 1.23 bits per heavy atom. The van der Waals surface area contributed by atoms with E-state index in [1.54, 1.807) is 12.1 Å². The van der Waals surface area contributed by atoms with Gasteiger partial charge in [-0.3, -0.25) is 0 Å².